The van der Waals surface area contributed by atoms with E-state index in [0.29, 0.717) is 23.0 Å². The summed E-state index contributed by atoms with van der Waals surface area (Å²) in [5.74, 6) is 0.437. The zero-order valence-corrected chi connectivity index (χ0v) is 22.2. The molecule has 0 aliphatic carbocycles. The number of pyridine rings is 1. The molecule has 4 aromatic rings. The molecule has 0 saturated heterocycles. The topological polar surface area (TPSA) is 119 Å². The molecule has 0 unspecified atom stereocenters. The normalized spacial score (nSPS) is 11.0. The molecule has 0 fully saturated rings. The first-order valence-electron chi connectivity index (χ1n) is 12.1. The molecular weight excluding hydrogens is 503 g/mol. The number of hydrogen-bond acceptors (Lipinski definition) is 6. The van der Waals surface area contributed by atoms with Crippen molar-refractivity contribution in [1.29, 1.82) is 0 Å². The van der Waals surface area contributed by atoms with Gasteiger partial charge < -0.3 is 20.1 Å². The number of methoxy groups -OCH3 is 1. The standard InChI is InChI=1S/C28H29FN6O4/c1-28(2,3)24-16-25(35(34-24)17-7-6-8-18(13-17)38-5)33-27(37)32-22-10-9-19(14-21(22)29)39-20-11-12-31-23(15-20)26(36)30-4/h6-16H,1-5H3,(H,30,36)(H2,32,33,37). The van der Waals surface area contributed by atoms with Crippen molar-refractivity contribution >= 4 is 23.4 Å². The zero-order valence-electron chi connectivity index (χ0n) is 22.2. The highest BCUT2D eigenvalue weighted by Gasteiger charge is 2.22. The molecule has 3 amide bonds. The number of benzene rings is 2. The lowest BCUT2D eigenvalue weighted by molar-refractivity contribution is 0.0957. The average molecular weight is 533 g/mol. The number of halogens is 1. The smallest absolute Gasteiger partial charge is 0.324 e. The number of aromatic nitrogens is 3. The quantitative estimate of drug-likeness (QED) is 0.289. The van der Waals surface area contributed by atoms with Crippen LogP contribution in [-0.2, 0) is 5.41 Å². The number of amides is 3. The lowest BCUT2D eigenvalue weighted by Gasteiger charge is -2.14. The Balaban J connectivity index is 1.51. The second kappa shape index (κ2) is 11.2. The van der Waals surface area contributed by atoms with Gasteiger partial charge in [0.05, 0.1) is 24.2 Å². The number of nitrogens with one attached hydrogen (secondary N) is 3. The zero-order chi connectivity index (χ0) is 28.2. The molecule has 0 radical (unpaired) electrons. The van der Waals surface area contributed by atoms with E-state index in [0.717, 1.165) is 11.8 Å². The van der Waals surface area contributed by atoms with Crippen LogP contribution in [0.3, 0.4) is 0 Å². The number of urea groups is 1. The molecule has 0 atom stereocenters. The summed E-state index contributed by atoms with van der Waals surface area (Å²) in [5.41, 5.74) is 1.26. The molecule has 202 valence electrons. The monoisotopic (exact) mass is 532 g/mol. The minimum Gasteiger partial charge on any atom is -0.497 e. The minimum absolute atomic E-state index is 0.0517. The Hall–Kier alpha value is -4.93. The van der Waals surface area contributed by atoms with Gasteiger partial charge >= 0.3 is 6.03 Å². The summed E-state index contributed by atoms with van der Waals surface area (Å²) < 4.78 is 27.4. The van der Waals surface area contributed by atoms with Crippen LogP contribution in [0.1, 0.15) is 37.0 Å². The van der Waals surface area contributed by atoms with Crippen molar-refractivity contribution in [1.82, 2.24) is 20.1 Å². The van der Waals surface area contributed by atoms with Crippen molar-refractivity contribution in [2.24, 2.45) is 0 Å². The van der Waals surface area contributed by atoms with Crippen molar-refractivity contribution in [3.63, 3.8) is 0 Å². The highest BCUT2D eigenvalue weighted by Crippen LogP contribution is 2.29. The number of rotatable bonds is 7. The van der Waals surface area contributed by atoms with Crippen LogP contribution in [0.5, 0.6) is 17.2 Å². The number of ether oxygens (including phenoxy) is 2. The molecule has 4 rings (SSSR count). The second-order valence-corrected chi connectivity index (χ2v) is 9.56. The fourth-order valence-electron chi connectivity index (χ4n) is 3.57. The first-order chi connectivity index (χ1) is 18.6. The number of carbonyl (C=O) groups excluding carboxylic acids is 2. The lowest BCUT2D eigenvalue weighted by atomic mass is 9.92. The summed E-state index contributed by atoms with van der Waals surface area (Å²) in [4.78, 5) is 28.6. The third kappa shape index (κ3) is 6.50. The van der Waals surface area contributed by atoms with E-state index in [9.17, 15) is 14.0 Å². The fraction of sp³-hybridized carbons (Fsp3) is 0.214. The molecule has 0 saturated carbocycles. The van der Waals surface area contributed by atoms with E-state index in [1.54, 1.807) is 30.0 Å². The summed E-state index contributed by atoms with van der Waals surface area (Å²) >= 11 is 0. The first-order valence-corrected chi connectivity index (χ1v) is 12.1. The highest BCUT2D eigenvalue weighted by atomic mass is 19.1. The molecule has 2 aromatic heterocycles. The summed E-state index contributed by atoms with van der Waals surface area (Å²) in [7, 11) is 3.06. The molecular formula is C28H29FN6O4. The number of anilines is 2. The van der Waals surface area contributed by atoms with Crippen LogP contribution in [0.15, 0.2) is 66.9 Å². The summed E-state index contributed by atoms with van der Waals surface area (Å²) in [6, 6.07) is 15.4. The van der Waals surface area contributed by atoms with E-state index in [-0.39, 0.29) is 28.5 Å². The first kappa shape index (κ1) is 27.1. The Bertz CT molecular complexity index is 1510. The van der Waals surface area contributed by atoms with Crippen molar-refractivity contribution in [3.05, 3.63) is 84.1 Å². The van der Waals surface area contributed by atoms with Gasteiger partial charge in [-0.15, -0.1) is 0 Å². The van der Waals surface area contributed by atoms with Gasteiger partial charge in [-0.25, -0.2) is 13.9 Å². The van der Waals surface area contributed by atoms with Crippen LogP contribution in [0, 0.1) is 5.82 Å². The van der Waals surface area contributed by atoms with Crippen LogP contribution in [-0.4, -0.2) is 40.9 Å². The Morgan fingerprint density at radius 1 is 0.949 bits per heavy atom. The summed E-state index contributed by atoms with van der Waals surface area (Å²) in [5, 5.41) is 12.4. The molecule has 10 nitrogen and oxygen atoms in total. The third-order valence-electron chi connectivity index (χ3n) is 5.63. The Morgan fingerprint density at radius 2 is 1.72 bits per heavy atom. The maximum absolute atomic E-state index is 14.9. The van der Waals surface area contributed by atoms with Crippen LogP contribution in [0.4, 0.5) is 20.7 Å². The molecule has 3 N–H and O–H groups in total. The van der Waals surface area contributed by atoms with E-state index in [2.05, 4.69) is 26.0 Å². The molecule has 0 aliphatic rings. The Labute approximate surface area is 225 Å². The Morgan fingerprint density at radius 3 is 2.41 bits per heavy atom. The van der Waals surface area contributed by atoms with Crippen LogP contribution in [0.2, 0.25) is 0 Å². The van der Waals surface area contributed by atoms with Crippen molar-refractivity contribution < 1.29 is 23.5 Å². The van der Waals surface area contributed by atoms with E-state index in [4.69, 9.17) is 9.47 Å². The van der Waals surface area contributed by atoms with Gasteiger partial charge in [0.1, 0.15) is 34.6 Å². The van der Waals surface area contributed by atoms with E-state index >= 15 is 0 Å². The third-order valence-corrected chi connectivity index (χ3v) is 5.63. The number of nitrogens with zero attached hydrogens (tertiary/aromatic N) is 3. The molecule has 0 aliphatic heterocycles. The van der Waals surface area contributed by atoms with Crippen molar-refractivity contribution in [2.75, 3.05) is 24.8 Å². The summed E-state index contributed by atoms with van der Waals surface area (Å²) in [6.45, 7) is 6.04. The van der Waals surface area contributed by atoms with E-state index < -0.39 is 11.8 Å². The van der Waals surface area contributed by atoms with Crippen LogP contribution in [0.25, 0.3) is 5.69 Å². The maximum atomic E-state index is 14.9. The molecule has 2 aromatic carbocycles. The Kier molecular flexibility index (Phi) is 7.80. The van der Waals surface area contributed by atoms with Gasteiger partial charge in [0, 0.05) is 42.9 Å². The van der Waals surface area contributed by atoms with Crippen molar-refractivity contribution in [3.8, 4) is 22.9 Å². The molecule has 2 heterocycles. The van der Waals surface area contributed by atoms with Gasteiger partial charge in [0.2, 0.25) is 0 Å². The van der Waals surface area contributed by atoms with Gasteiger partial charge in [-0.05, 0) is 30.3 Å². The molecule has 0 bridgehead atoms. The lowest BCUT2D eigenvalue weighted by Crippen LogP contribution is -2.22. The predicted octanol–water partition coefficient (Wildman–Crippen LogP) is 5.51. The predicted molar refractivity (Wildman–Crippen MR) is 146 cm³/mol. The SMILES string of the molecule is CNC(=O)c1cc(Oc2ccc(NC(=O)Nc3cc(C(C)(C)C)nn3-c3cccc(OC)c3)c(F)c2)ccn1. The van der Waals surface area contributed by atoms with Crippen LogP contribution >= 0.6 is 0 Å². The van der Waals surface area contributed by atoms with Gasteiger partial charge in [0.15, 0.2) is 0 Å². The second-order valence-electron chi connectivity index (χ2n) is 9.56. The maximum Gasteiger partial charge on any atom is 0.324 e. The number of carbonyl (C=O) groups is 2. The highest BCUT2D eigenvalue weighted by molar-refractivity contribution is 5.99. The minimum atomic E-state index is -0.708. The summed E-state index contributed by atoms with van der Waals surface area (Å²) in [6.07, 6.45) is 1.41. The van der Waals surface area contributed by atoms with Crippen LogP contribution < -0.4 is 25.4 Å². The molecule has 0 spiro atoms. The van der Waals surface area contributed by atoms with Crippen molar-refractivity contribution in [2.45, 2.75) is 26.2 Å². The van der Waals surface area contributed by atoms with E-state index in [1.165, 1.54) is 31.4 Å². The molecule has 39 heavy (non-hydrogen) atoms. The number of hydrogen-bond donors (Lipinski definition) is 3. The van der Waals surface area contributed by atoms with Gasteiger partial charge in [0.25, 0.3) is 5.91 Å². The fourth-order valence-corrected chi connectivity index (χ4v) is 3.57. The van der Waals surface area contributed by atoms with Gasteiger partial charge in [-0.3, -0.25) is 15.1 Å². The van der Waals surface area contributed by atoms with E-state index in [1.807, 2.05) is 39.0 Å². The van der Waals surface area contributed by atoms with Gasteiger partial charge in [-0.1, -0.05) is 26.8 Å². The largest absolute Gasteiger partial charge is 0.497 e. The van der Waals surface area contributed by atoms with Gasteiger partial charge in [-0.2, -0.15) is 5.10 Å². The average Bonchev–Trinajstić information content (AvgIpc) is 3.34. The molecule has 11 heteroatoms.